The number of tetrazole rings is 1. The van der Waals surface area contributed by atoms with Crippen LogP contribution in [0.5, 0.6) is 11.5 Å². The lowest BCUT2D eigenvalue weighted by Crippen LogP contribution is -2.48. The van der Waals surface area contributed by atoms with Gasteiger partial charge in [0.2, 0.25) is 0 Å². The van der Waals surface area contributed by atoms with Crippen LogP contribution in [-0.4, -0.2) is 65.5 Å². The Kier molecular flexibility index (Phi) is 7.08. The van der Waals surface area contributed by atoms with E-state index in [4.69, 9.17) is 9.47 Å². The fourth-order valence-corrected chi connectivity index (χ4v) is 4.62. The van der Waals surface area contributed by atoms with Gasteiger partial charge in [-0.2, -0.15) is 0 Å². The third-order valence-corrected chi connectivity index (χ3v) is 6.60. The Bertz CT molecular complexity index is 1250. The maximum atomic E-state index is 13.4. The lowest BCUT2D eigenvalue weighted by molar-refractivity contribution is 0.201. The van der Waals surface area contributed by atoms with Gasteiger partial charge in [-0.15, -0.1) is 5.10 Å². The number of hydrogen-bond donors (Lipinski definition) is 0. The molecule has 1 atom stereocenters. The zero-order valence-electron chi connectivity index (χ0n) is 20.4. The molecular formula is C27H29FN6O2. The van der Waals surface area contributed by atoms with Crippen molar-refractivity contribution < 1.29 is 13.9 Å². The first kappa shape index (κ1) is 23.7. The molecule has 0 bridgehead atoms. The van der Waals surface area contributed by atoms with Crippen molar-refractivity contribution in [3.63, 3.8) is 0 Å². The molecule has 0 aliphatic carbocycles. The normalized spacial score (nSPS) is 15.0. The molecule has 9 heteroatoms. The zero-order valence-corrected chi connectivity index (χ0v) is 20.4. The second-order valence-corrected chi connectivity index (χ2v) is 8.72. The first-order valence-electron chi connectivity index (χ1n) is 11.9. The molecule has 1 aromatic heterocycles. The Morgan fingerprint density at radius 1 is 0.806 bits per heavy atom. The largest absolute Gasteiger partial charge is 0.497 e. The number of benzene rings is 3. The average Bonchev–Trinajstić information content (AvgIpc) is 3.38. The number of rotatable bonds is 8. The van der Waals surface area contributed by atoms with Crippen molar-refractivity contribution in [1.82, 2.24) is 25.1 Å². The Morgan fingerprint density at radius 2 is 1.42 bits per heavy atom. The molecule has 0 spiro atoms. The fourth-order valence-electron chi connectivity index (χ4n) is 4.62. The molecule has 0 radical (unpaired) electrons. The van der Waals surface area contributed by atoms with Crippen LogP contribution in [-0.2, 0) is 6.54 Å². The Morgan fingerprint density at radius 3 is 2.03 bits per heavy atom. The molecule has 1 saturated heterocycles. The quantitative estimate of drug-likeness (QED) is 0.374. The number of nitrogens with zero attached hydrogens (tertiary/aromatic N) is 6. The van der Waals surface area contributed by atoms with E-state index in [1.54, 1.807) is 14.2 Å². The van der Waals surface area contributed by atoms with Crippen LogP contribution >= 0.6 is 0 Å². The van der Waals surface area contributed by atoms with Gasteiger partial charge in [0, 0.05) is 31.9 Å². The zero-order chi connectivity index (χ0) is 24.9. The van der Waals surface area contributed by atoms with Gasteiger partial charge in [-0.3, -0.25) is 4.90 Å². The minimum atomic E-state index is -0.222. The molecule has 0 N–H and O–H groups in total. The topological polar surface area (TPSA) is 68.5 Å². The summed E-state index contributed by atoms with van der Waals surface area (Å²) < 4.78 is 25.9. The van der Waals surface area contributed by atoms with E-state index in [9.17, 15) is 4.39 Å². The predicted octanol–water partition coefficient (Wildman–Crippen LogP) is 3.79. The van der Waals surface area contributed by atoms with Crippen molar-refractivity contribution in [3.05, 3.63) is 95.6 Å². The smallest absolute Gasteiger partial charge is 0.173 e. The molecule has 4 aromatic rings. The number of halogens is 1. The summed E-state index contributed by atoms with van der Waals surface area (Å²) in [4.78, 5) is 4.68. The number of piperazine rings is 1. The molecule has 2 heterocycles. The van der Waals surface area contributed by atoms with E-state index < -0.39 is 0 Å². The molecule has 0 amide bonds. The van der Waals surface area contributed by atoms with Crippen LogP contribution in [0, 0.1) is 5.82 Å². The molecule has 5 rings (SSSR count). The van der Waals surface area contributed by atoms with Gasteiger partial charge in [-0.25, -0.2) is 9.07 Å². The number of hydrogen-bond acceptors (Lipinski definition) is 7. The highest BCUT2D eigenvalue weighted by Crippen LogP contribution is 2.30. The Hall–Kier alpha value is -3.98. The number of ether oxygens (including phenoxy) is 2. The van der Waals surface area contributed by atoms with Crippen molar-refractivity contribution >= 4 is 5.69 Å². The van der Waals surface area contributed by atoms with Crippen LogP contribution in [0.1, 0.15) is 23.0 Å². The monoisotopic (exact) mass is 488 g/mol. The van der Waals surface area contributed by atoms with Gasteiger partial charge in [0.15, 0.2) is 5.82 Å². The molecular weight excluding hydrogens is 459 g/mol. The third kappa shape index (κ3) is 5.16. The molecule has 0 unspecified atom stereocenters. The van der Waals surface area contributed by atoms with Crippen molar-refractivity contribution in [2.45, 2.75) is 12.6 Å². The maximum Gasteiger partial charge on any atom is 0.173 e. The summed E-state index contributed by atoms with van der Waals surface area (Å²) in [5.74, 6) is 2.18. The summed E-state index contributed by atoms with van der Waals surface area (Å²) in [7, 11) is 3.32. The predicted molar refractivity (Wildman–Crippen MR) is 135 cm³/mol. The van der Waals surface area contributed by atoms with Crippen molar-refractivity contribution in [3.8, 4) is 11.5 Å². The molecule has 1 aliphatic rings. The molecule has 3 aromatic carbocycles. The van der Waals surface area contributed by atoms with Crippen LogP contribution in [0.25, 0.3) is 0 Å². The van der Waals surface area contributed by atoms with E-state index in [2.05, 4.69) is 37.5 Å². The highest BCUT2D eigenvalue weighted by Gasteiger charge is 2.31. The molecule has 8 nitrogen and oxygen atoms in total. The summed E-state index contributed by atoms with van der Waals surface area (Å²) in [5, 5.41) is 12.8. The second kappa shape index (κ2) is 10.7. The Balaban J connectivity index is 1.41. The first-order valence-corrected chi connectivity index (χ1v) is 11.9. The first-order chi connectivity index (χ1) is 17.6. The number of methoxy groups -OCH3 is 2. The lowest BCUT2D eigenvalue weighted by atomic mass is 10.0. The van der Waals surface area contributed by atoms with E-state index in [-0.39, 0.29) is 11.9 Å². The van der Waals surface area contributed by atoms with E-state index in [0.717, 1.165) is 60.3 Å². The summed E-state index contributed by atoms with van der Waals surface area (Å²) in [6.07, 6.45) is 0. The van der Waals surface area contributed by atoms with Gasteiger partial charge in [0.1, 0.15) is 17.3 Å². The number of anilines is 1. The summed E-state index contributed by atoms with van der Waals surface area (Å²) in [6, 6.07) is 22.6. The van der Waals surface area contributed by atoms with Crippen LogP contribution in [0.3, 0.4) is 0 Å². The summed E-state index contributed by atoms with van der Waals surface area (Å²) in [5.41, 5.74) is 3.21. The van der Waals surface area contributed by atoms with Crippen molar-refractivity contribution in [2.75, 3.05) is 45.3 Å². The maximum absolute atomic E-state index is 13.4. The Labute approximate surface area is 209 Å². The SMILES string of the molecule is COc1ccc(Cn2nnnc2[C@H](c2ccc(OC)cc2)N2CCN(c3ccc(F)cc3)CC2)cc1. The van der Waals surface area contributed by atoms with Gasteiger partial charge in [0.25, 0.3) is 0 Å². The lowest BCUT2D eigenvalue weighted by Gasteiger charge is -2.40. The van der Waals surface area contributed by atoms with E-state index in [1.165, 1.54) is 12.1 Å². The van der Waals surface area contributed by atoms with Crippen LogP contribution < -0.4 is 14.4 Å². The highest BCUT2D eigenvalue weighted by molar-refractivity contribution is 5.47. The van der Waals surface area contributed by atoms with Crippen LogP contribution in [0.15, 0.2) is 72.8 Å². The summed E-state index contributed by atoms with van der Waals surface area (Å²) >= 11 is 0. The molecule has 36 heavy (non-hydrogen) atoms. The molecule has 0 saturated carbocycles. The van der Waals surface area contributed by atoms with Gasteiger partial charge < -0.3 is 14.4 Å². The van der Waals surface area contributed by atoms with Crippen molar-refractivity contribution in [2.24, 2.45) is 0 Å². The van der Waals surface area contributed by atoms with Gasteiger partial charge in [-0.1, -0.05) is 24.3 Å². The summed E-state index contributed by atoms with van der Waals surface area (Å²) in [6.45, 7) is 3.80. The number of aromatic nitrogens is 4. The molecule has 186 valence electrons. The minimum Gasteiger partial charge on any atom is -0.497 e. The average molecular weight is 489 g/mol. The van der Waals surface area contributed by atoms with E-state index in [0.29, 0.717) is 6.54 Å². The van der Waals surface area contributed by atoms with E-state index in [1.807, 2.05) is 53.2 Å². The molecule has 1 aliphatic heterocycles. The van der Waals surface area contributed by atoms with E-state index >= 15 is 0 Å². The molecule has 1 fully saturated rings. The standard InChI is InChI=1S/C27H29FN6O2/c1-35-24-11-3-20(4-12-24)19-34-27(29-30-31-34)26(21-5-13-25(36-2)14-6-21)33-17-15-32(16-18-33)23-9-7-22(28)8-10-23/h3-14,26H,15-19H2,1-2H3/t26-/m0/s1. The third-order valence-electron chi connectivity index (χ3n) is 6.60. The second-order valence-electron chi connectivity index (χ2n) is 8.72. The van der Waals surface area contributed by atoms with Gasteiger partial charge in [-0.05, 0) is 70.1 Å². The van der Waals surface area contributed by atoms with Gasteiger partial charge in [0.05, 0.1) is 26.8 Å². The van der Waals surface area contributed by atoms with Crippen molar-refractivity contribution in [1.29, 1.82) is 0 Å². The van der Waals surface area contributed by atoms with Crippen LogP contribution in [0.4, 0.5) is 10.1 Å². The highest BCUT2D eigenvalue weighted by atomic mass is 19.1. The fraction of sp³-hybridized carbons (Fsp3) is 0.296. The van der Waals surface area contributed by atoms with Gasteiger partial charge >= 0.3 is 0 Å². The van der Waals surface area contributed by atoms with Crippen LogP contribution in [0.2, 0.25) is 0 Å². The minimum absolute atomic E-state index is 0.125.